The number of rotatable bonds is 3. The molecule has 6 aromatic rings. The number of hydrogen-bond acceptors (Lipinski definition) is 1. The van der Waals surface area contributed by atoms with E-state index in [2.05, 4.69) is 114 Å². The summed E-state index contributed by atoms with van der Waals surface area (Å²) in [7, 11) is 0. The van der Waals surface area contributed by atoms with Crippen molar-refractivity contribution in [3.8, 4) is 33.5 Å². The van der Waals surface area contributed by atoms with Gasteiger partial charge in [0.15, 0.2) is 0 Å². The molecule has 0 saturated heterocycles. The summed E-state index contributed by atoms with van der Waals surface area (Å²) in [6.45, 7) is 0. The molecule has 0 atom stereocenters. The van der Waals surface area contributed by atoms with E-state index in [1.165, 1.54) is 43.8 Å². The quantitative estimate of drug-likeness (QED) is 0.268. The number of pyridine rings is 1. The zero-order chi connectivity index (χ0) is 21.3. The predicted octanol–water partition coefficient (Wildman–Crippen LogP) is 8.39. The minimum atomic E-state index is 0.989. The number of fused-ring (bicyclic) bond motifs is 2. The van der Waals surface area contributed by atoms with Crippen molar-refractivity contribution in [3.63, 3.8) is 0 Å². The lowest BCUT2D eigenvalue weighted by atomic mass is 9.90. The highest BCUT2D eigenvalue weighted by molar-refractivity contribution is 6.07. The van der Waals surface area contributed by atoms with Crippen molar-refractivity contribution in [1.29, 1.82) is 0 Å². The van der Waals surface area contributed by atoms with Crippen molar-refractivity contribution in [3.05, 3.63) is 128 Å². The molecule has 6 rings (SSSR count). The molecule has 0 aliphatic rings. The second kappa shape index (κ2) is 7.79. The molecule has 1 aromatic heterocycles. The first-order valence-electron chi connectivity index (χ1n) is 10.9. The van der Waals surface area contributed by atoms with Gasteiger partial charge in [-0.25, -0.2) is 0 Å². The maximum Gasteiger partial charge on any atom is 0.0702 e. The summed E-state index contributed by atoms with van der Waals surface area (Å²) in [5.74, 6) is 0. The van der Waals surface area contributed by atoms with E-state index in [1.54, 1.807) is 0 Å². The number of benzene rings is 5. The van der Waals surface area contributed by atoms with Gasteiger partial charge in [0.2, 0.25) is 0 Å². The number of aromatic nitrogens is 1. The van der Waals surface area contributed by atoms with Gasteiger partial charge in [-0.3, -0.25) is 4.98 Å². The Morgan fingerprint density at radius 3 is 1.94 bits per heavy atom. The zero-order valence-corrected chi connectivity index (χ0v) is 17.6. The molecule has 0 aliphatic carbocycles. The molecule has 0 amide bonds. The third-order valence-electron chi connectivity index (χ3n) is 6.06. The van der Waals surface area contributed by atoms with Crippen LogP contribution in [0.2, 0.25) is 0 Å². The van der Waals surface area contributed by atoms with Gasteiger partial charge in [-0.2, -0.15) is 0 Å². The highest BCUT2D eigenvalue weighted by Gasteiger charge is 2.11. The second-order valence-electron chi connectivity index (χ2n) is 8.11. The Kier molecular flexibility index (Phi) is 4.51. The average molecular weight is 408 g/mol. The molecule has 0 radical (unpaired) electrons. The largest absolute Gasteiger partial charge is 0.256 e. The molecular formula is C31H21N. The monoisotopic (exact) mass is 407 g/mol. The molecule has 0 N–H and O–H groups in total. The maximum absolute atomic E-state index is 4.55. The topological polar surface area (TPSA) is 12.9 Å². The van der Waals surface area contributed by atoms with Crippen LogP contribution in [-0.2, 0) is 0 Å². The van der Waals surface area contributed by atoms with Crippen molar-refractivity contribution in [2.75, 3.05) is 0 Å². The smallest absolute Gasteiger partial charge is 0.0702 e. The summed E-state index contributed by atoms with van der Waals surface area (Å²) in [5, 5.41) is 5.04. The molecule has 1 heterocycles. The van der Waals surface area contributed by atoms with Gasteiger partial charge in [0.05, 0.1) is 5.69 Å². The third kappa shape index (κ3) is 3.34. The van der Waals surface area contributed by atoms with Gasteiger partial charge in [0.25, 0.3) is 0 Å². The van der Waals surface area contributed by atoms with E-state index in [0.717, 1.165) is 11.3 Å². The summed E-state index contributed by atoms with van der Waals surface area (Å²) < 4.78 is 0. The Bertz CT molecular complexity index is 1550. The fraction of sp³-hybridized carbons (Fsp3) is 0. The van der Waals surface area contributed by atoms with Crippen LogP contribution in [0.15, 0.2) is 128 Å². The Balaban J connectivity index is 1.63. The lowest BCUT2D eigenvalue weighted by Crippen LogP contribution is -1.88. The van der Waals surface area contributed by atoms with Crippen molar-refractivity contribution in [2.45, 2.75) is 0 Å². The van der Waals surface area contributed by atoms with Crippen molar-refractivity contribution >= 4 is 21.5 Å². The summed E-state index contributed by atoms with van der Waals surface area (Å²) in [6, 6.07) is 43.2. The van der Waals surface area contributed by atoms with Gasteiger partial charge >= 0.3 is 0 Å². The summed E-state index contributed by atoms with van der Waals surface area (Å²) in [6.07, 6.45) is 1.85. The summed E-state index contributed by atoms with van der Waals surface area (Å²) in [5.41, 5.74) is 7.01. The lowest BCUT2D eigenvalue weighted by molar-refractivity contribution is 1.33. The Morgan fingerprint density at radius 2 is 1.12 bits per heavy atom. The Hall–Kier alpha value is -4.23. The molecule has 32 heavy (non-hydrogen) atoms. The fourth-order valence-electron chi connectivity index (χ4n) is 4.47. The van der Waals surface area contributed by atoms with Gasteiger partial charge < -0.3 is 0 Å². The molecule has 0 aliphatic heterocycles. The van der Waals surface area contributed by atoms with E-state index in [1.807, 2.05) is 18.3 Å². The van der Waals surface area contributed by atoms with E-state index in [-0.39, 0.29) is 0 Å². The molecule has 1 nitrogen and oxygen atoms in total. The van der Waals surface area contributed by atoms with Crippen LogP contribution < -0.4 is 0 Å². The fourth-order valence-corrected chi connectivity index (χ4v) is 4.47. The minimum absolute atomic E-state index is 0.989. The van der Waals surface area contributed by atoms with E-state index < -0.39 is 0 Å². The molecule has 0 saturated carbocycles. The maximum atomic E-state index is 4.55. The molecule has 0 unspecified atom stereocenters. The molecule has 0 bridgehead atoms. The SMILES string of the molecule is c1ccc(-c2cc(-c3cccc(-c4ccccn4)c3)c3cc4ccccc4cc3c2)cc1. The first-order valence-corrected chi connectivity index (χ1v) is 10.9. The number of nitrogens with zero attached hydrogens (tertiary/aromatic N) is 1. The minimum Gasteiger partial charge on any atom is -0.256 e. The van der Waals surface area contributed by atoms with Gasteiger partial charge in [0, 0.05) is 11.8 Å². The zero-order valence-electron chi connectivity index (χ0n) is 17.6. The molecule has 0 spiro atoms. The van der Waals surface area contributed by atoms with Crippen LogP contribution in [0.3, 0.4) is 0 Å². The van der Waals surface area contributed by atoms with E-state index in [4.69, 9.17) is 0 Å². The second-order valence-corrected chi connectivity index (χ2v) is 8.11. The van der Waals surface area contributed by atoms with Crippen LogP contribution >= 0.6 is 0 Å². The Morgan fingerprint density at radius 1 is 0.406 bits per heavy atom. The van der Waals surface area contributed by atoms with Crippen molar-refractivity contribution in [2.24, 2.45) is 0 Å². The molecule has 5 aromatic carbocycles. The highest BCUT2D eigenvalue weighted by Crippen LogP contribution is 2.37. The standard InChI is InChI=1S/C31H21N/c1-2-9-22(10-3-1)27-19-28-17-23-11-4-5-12-24(23)20-30(28)29(21-27)25-13-8-14-26(18-25)31-15-6-7-16-32-31/h1-21H. The van der Waals surface area contributed by atoms with Crippen molar-refractivity contribution < 1.29 is 0 Å². The van der Waals surface area contributed by atoms with E-state index in [0.29, 0.717) is 0 Å². The number of hydrogen-bond donors (Lipinski definition) is 0. The van der Waals surface area contributed by atoms with Crippen LogP contribution in [0.1, 0.15) is 0 Å². The summed E-state index contributed by atoms with van der Waals surface area (Å²) in [4.78, 5) is 4.55. The average Bonchev–Trinajstić information content (AvgIpc) is 2.88. The van der Waals surface area contributed by atoms with Crippen LogP contribution in [0.4, 0.5) is 0 Å². The first kappa shape index (κ1) is 18.5. The van der Waals surface area contributed by atoms with Crippen LogP contribution in [0.5, 0.6) is 0 Å². The molecule has 150 valence electrons. The van der Waals surface area contributed by atoms with Crippen LogP contribution in [0.25, 0.3) is 55.1 Å². The van der Waals surface area contributed by atoms with Gasteiger partial charge in [-0.15, -0.1) is 0 Å². The first-order chi connectivity index (χ1) is 15.8. The van der Waals surface area contributed by atoms with Crippen molar-refractivity contribution in [1.82, 2.24) is 4.98 Å². The van der Waals surface area contributed by atoms with E-state index in [9.17, 15) is 0 Å². The third-order valence-corrected chi connectivity index (χ3v) is 6.06. The molecular weight excluding hydrogens is 386 g/mol. The van der Waals surface area contributed by atoms with Gasteiger partial charge in [-0.1, -0.05) is 78.9 Å². The normalized spacial score (nSPS) is 11.1. The van der Waals surface area contributed by atoms with Gasteiger partial charge in [-0.05, 0) is 86.3 Å². The summed E-state index contributed by atoms with van der Waals surface area (Å²) >= 11 is 0. The van der Waals surface area contributed by atoms with E-state index >= 15 is 0 Å². The Labute approximate surface area is 187 Å². The predicted molar refractivity (Wildman–Crippen MR) is 136 cm³/mol. The van der Waals surface area contributed by atoms with Gasteiger partial charge in [0.1, 0.15) is 0 Å². The molecule has 0 fully saturated rings. The van der Waals surface area contributed by atoms with Crippen LogP contribution in [-0.4, -0.2) is 4.98 Å². The molecule has 1 heteroatoms. The highest BCUT2D eigenvalue weighted by atomic mass is 14.7. The lowest BCUT2D eigenvalue weighted by Gasteiger charge is -2.14. The van der Waals surface area contributed by atoms with Crippen LogP contribution in [0, 0.1) is 0 Å².